The highest BCUT2D eigenvalue weighted by Gasteiger charge is 2.62. The summed E-state index contributed by atoms with van der Waals surface area (Å²) in [6.07, 6.45) is 5.39. The maximum Gasteiger partial charge on any atom is 0.293 e. The summed E-state index contributed by atoms with van der Waals surface area (Å²) in [5.41, 5.74) is 0.692. The number of benzene rings is 1. The molecule has 23 heavy (non-hydrogen) atoms. The van der Waals surface area contributed by atoms with E-state index in [4.69, 9.17) is 12.2 Å². The zero-order valence-corrected chi connectivity index (χ0v) is 14.2. The summed E-state index contributed by atoms with van der Waals surface area (Å²) in [6, 6.07) is 8.74. The minimum Gasteiger partial charge on any atom is -0.284 e. The highest BCUT2D eigenvalue weighted by atomic mass is 32.3. The van der Waals surface area contributed by atoms with Crippen LogP contribution in [-0.2, 0) is 20.2 Å². The normalized spacial score (nSPS) is 21.7. The molecule has 0 aliphatic heterocycles. The van der Waals surface area contributed by atoms with Crippen molar-refractivity contribution in [3.05, 3.63) is 54.1 Å². The quantitative estimate of drug-likeness (QED) is 0.472. The van der Waals surface area contributed by atoms with E-state index in [9.17, 15) is 25.9 Å². The summed E-state index contributed by atoms with van der Waals surface area (Å²) in [5, 5.41) is 0. The van der Waals surface area contributed by atoms with Crippen molar-refractivity contribution in [2.24, 2.45) is 5.92 Å². The zero-order chi connectivity index (χ0) is 17.3. The van der Waals surface area contributed by atoms with E-state index in [1.807, 2.05) is 0 Å². The number of hydrogen-bond donors (Lipinski definition) is 2. The molecule has 1 aromatic rings. The zero-order valence-electron chi connectivity index (χ0n) is 11.7. The van der Waals surface area contributed by atoms with Crippen molar-refractivity contribution < 1.29 is 25.9 Å². The first-order valence-corrected chi connectivity index (χ1v) is 9.77. The van der Waals surface area contributed by atoms with Crippen LogP contribution in [0.2, 0.25) is 0 Å². The summed E-state index contributed by atoms with van der Waals surface area (Å²) >= 11 is 4.88. The molecule has 1 atom stereocenters. The molecule has 0 heterocycles. The summed E-state index contributed by atoms with van der Waals surface area (Å²) in [5.74, 6) is -1.35. The summed E-state index contributed by atoms with van der Waals surface area (Å²) in [4.78, 5) is -0.479. The third-order valence-corrected chi connectivity index (χ3v) is 8.12. The van der Waals surface area contributed by atoms with E-state index in [1.165, 1.54) is 24.3 Å². The molecule has 0 saturated carbocycles. The van der Waals surface area contributed by atoms with Gasteiger partial charge in [-0.1, -0.05) is 66.9 Å². The molecule has 0 aromatic heterocycles. The van der Waals surface area contributed by atoms with Gasteiger partial charge in [0.1, 0.15) is 0 Å². The molecule has 124 valence electrons. The molecule has 1 aromatic carbocycles. The van der Waals surface area contributed by atoms with Gasteiger partial charge in [-0.2, -0.15) is 16.8 Å². The van der Waals surface area contributed by atoms with Crippen LogP contribution in [0.25, 0.3) is 6.08 Å². The third kappa shape index (κ3) is 3.15. The first-order chi connectivity index (χ1) is 10.6. The van der Waals surface area contributed by atoms with Crippen LogP contribution in [0.3, 0.4) is 0 Å². The lowest BCUT2D eigenvalue weighted by atomic mass is 9.93. The van der Waals surface area contributed by atoms with Crippen molar-refractivity contribution in [3.63, 3.8) is 0 Å². The van der Waals surface area contributed by atoms with E-state index in [0.717, 1.165) is 0 Å². The number of hydrogen-bond acceptors (Lipinski definition) is 5. The van der Waals surface area contributed by atoms with E-state index in [0.29, 0.717) is 5.56 Å². The van der Waals surface area contributed by atoms with Crippen LogP contribution in [-0.4, -0.2) is 34.9 Å². The van der Waals surface area contributed by atoms with Crippen LogP contribution in [0, 0.1) is 5.92 Å². The van der Waals surface area contributed by atoms with E-state index < -0.39 is 35.1 Å². The smallest absolute Gasteiger partial charge is 0.284 e. The minimum atomic E-state index is -5.23. The Morgan fingerprint density at radius 3 is 2.17 bits per heavy atom. The topological polar surface area (TPSA) is 109 Å². The Morgan fingerprint density at radius 1 is 1.09 bits per heavy atom. The SMILES string of the molecule is O=S(=O)(O)C1(S(=O)(=O)O)C(=S)CC=CC1C=Cc1ccccc1. The fraction of sp³-hybridized carbons (Fsp3) is 0.214. The first kappa shape index (κ1) is 18.0. The number of allylic oxidation sites excluding steroid dienone is 3. The van der Waals surface area contributed by atoms with Crippen molar-refractivity contribution in [2.45, 2.75) is 10.5 Å². The lowest BCUT2D eigenvalue weighted by Gasteiger charge is -2.34. The van der Waals surface area contributed by atoms with Gasteiger partial charge < -0.3 is 0 Å². The predicted octanol–water partition coefficient (Wildman–Crippen LogP) is 2.12. The van der Waals surface area contributed by atoms with Crippen molar-refractivity contribution in [1.82, 2.24) is 0 Å². The number of rotatable bonds is 4. The molecule has 1 aliphatic carbocycles. The van der Waals surface area contributed by atoms with Crippen molar-refractivity contribution in [1.29, 1.82) is 0 Å². The second-order valence-corrected chi connectivity index (χ2v) is 8.91. The largest absolute Gasteiger partial charge is 0.293 e. The molecule has 9 heteroatoms. The lowest BCUT2D eigenvalue weighted by molar-refractivity contribution is 0.431. The predicted molar refractivity (Wildman–Crippen MR) is 91.1 cm³/mol. The van der Waals surface area contributed by atoms with Crippen LogP contribution in [0.4, 0.5) is 0 Å². The second-order valence-electron chi connectivity index (χ2n) is 4.97. The summed E-state index contributed by atoms with van der Waals surface area (Å²) < 4.78 is 63.5. The first-order valence-electron chi connectivity index (χ1n) is 6.48. The lowest BCUT2D eigenvalue weighted by Crippen LogP contribution is -2.57. The highest BCUT2D eigenvalue weighted by Crippen LogP contribution is 2.40. The molecule has 0 bridgehead atoms. The van der Waals surface area contributed by atoms with Gasteiger partial charge in [0.2, 0.25) is 0 Å². The molecular formula is C14H14O6S3. The van der Waals surface area contributed by atoms with Crippen LogP contribution in [0.15, 0.2) is 48.6 Å². The Morgan fingerprint density at radius 2 is 1.65 bits per heavy atom. The average Bonchev–Trinajstić information content (AvgIpc) is 2.43. The van der Waals surface area contributed by atoms with Crippen molar-refractivity contribution in [3.8, 4) is 0 Å². The van der Waals surface area contributed by atoms with Gasteiger partial charge in [0.25, 0.3) is 24.3 Å². The molecule has 0 spiro atoms. The fourth-order valence-corrected chi connectivity index (χ4v) is 6.18. The standard InChI is InChI=1S/C14H14O6S3/c15-22(16,17)14(23(18,19)20)12(7-4-8-13(14)21)10-9-11-5-2-1-3-6-11/h1-7,9-10,12H,8H2,(H,15,16,17)(H,18,19,20). The van der Waals surface area contributed by atoms with Gasteiger partial charge >= 0.3 is 0 Å². The molecular weight excluding hydrogens is 360 g/mol. The van der Waals surface area contributed by atoms with E-state index in [2.05, 4.69) is 0 Å². The fourth-order valence-electron chi connectivity index (χ4n) is 2.51. The second kappa shape index (κ2) is 6.25. The molecule has 0 fully saturated rings. The van der Waals surface area contributed by atoms with Gasteiger partial charge in [-0.3, -0.25) is 9.11 Å². The minimum absolute atomic E-state index is 0.162. The monoisotopic (exact) mass is 374 g/mol. The molecule has 2 rings (SSSR count). The third-order valence-electron chi connectivity index (χ3n) is 3.54. The van der Waals surface area contributed by atoms with Gasteiger partial charge in [-0.15, -0.1) is 0 Å². The molecule has 0 amide bonds. The van der Waals surface area contributed by atoms with E-state index in [1.54, 1.807) is 30.3 Å². The molecule has 6 nitrogen and oxygen atoms in total. The van der Waals surface area contributed by atoms with Crippen molar-refractivity contribution >= 4 is 43.4 Å². The molecule has 0 saturated heterocycles. The molecule has 2 N–H and O–H groups in total. The Labute approximate surface area is 140 Å². The number of thiocarbonyl (C=S) groups is 1. The Kier molecular flexibility index (Phi) is 4.88. The Balaban J connectivity index is 2.64. The summed E-state index contributed by atoms with van der Waals surface area (Å²) in [7, 11) is -10.5. The van der Waals surface area contributed by atoms with Crippen LogP contribution < -0.4 is 0 Å². The maximum atomic E-state index is 11.8. The molecule has 1 unspecified atom stereocenters. The van der Waals surface area contributed by atoms with Crippen LogP contribution >= 0.6 is 12.2 Å². The molecule has 0 radical (unpaired) electrons. The van der Waals surface area contributed by atoms with Gasteiger partial charge in [-0.25, -0.2) is 0 Å². The van der Waals surface area contributed by atoms with Crippen LogP contribution in [0.1, 0.15) is 12.0 Å². The molecule has 1 aliphatic rings. The van der Waals surface area contributed by atoms with E-state index in [-0.39, 0.29) is 6.42 Å². The summed E-state index contributed by atoms with van der Waals surface area (Å²) in [6.45, 7) is 0. The Bertz CT molecular complexity index is 834. The van der Waals surface area contributed by atoms with Crippen molar-refractivity contribution in [2.75, 3.05) is 0 Å². The van der Waals surface area contributed by atoms with Gasteiger partial charge in [-0.05, 0) is 12.0 Å². The van der Waals surface area contributed by atoms with Gasteiger partial charge in [0, 0.05) is 10.8 Å². The van der Waals surface area contributed by atoms with E-state index >= 15 is 0 Å². The average molecular weight is 374 g/mol. The Hall–Kier alpha value is -1.39. The van der Waals surface area contributed by atoms with Crippen LogP contribution in [0.5, 0.6) is 0 Å². The maximum absolute atomic E-state index is 11.8. The highest BCUT2D eigenvalue weighted by molar-refractivity contribution is 8.08. The van der Waals surface area contributed by atoms with Gasteiger partial charge in [0.15, 0.2) is 0 Å². The van der Waals surface area contributed by atoms with Gasteiger partial charge in [0.05, 0.1) is 0 Å².